The number of nitrogens with zero attached hydrogens (tertiary/aromatic N) is 10. The van der Waals surface area contributed by atoms with Crippen LogP contribution in [0.1, 0.15) is 63.5 Å². The van der Waals surface area contributed by atoms with Crippen LogP contribution in [0.15, 0.2) is 43.1 Å². The number of methoxy groups -OCH3 is 1. The van der Waals surface area contributed by atoms with Crippen LogP contribution in [0.25, 0.3) is 11.1 Å². The zero-order chi connectivity index (χ0) is 35.7. The highest BCUT2D eigenvalue weighted by molar-refractivity contribution is 5.67. The molecule has 0 amide bonds. The fourth-order valence-electron chi connectivity index (χ4n) is 7.54. The number of morpholine rings is 1. The lowest BCUT2D eigenvalue weighted by Gasteiger charge is -2.43. The quantitative estimate of drug-likeness (QED) is 0.154. The Balaban J connectivity index is 1.01. The summed E-state index contributed by atoms with van der Waals surface area (Å²) >= 11 is 0. The molecular weight excluding hydrogens is 666 g/mol. The summed E-state index contributed by atoms with van der Waals surface area (Å²) < 4.78 is 32.5. The molecule has 1 saturated carbocycles. The lowest BCUT2D eigenvalue weighted by molar-refractivity contribution is -0.0458. The van der Waals surface area contributed by atoms with E-state index < -0.39 is 0 Å². The van der Waals surface area contributed by atoms with Crippen molar-refractivity contribution in [1.29, 1.82) is 5.26 Å². The molecule has 52 heavy (non-hydrogen) atoms. The highest BCUT2D eigenvalue weighted by Gasteiger charge is 2.42. The van der Waals surface area contributed by atoms with Crippen molar-refractivity contribution in [3.8, 4) is 28.8 Å². The fraction of sp³-hybridized carbons (Fsp3) is 0.583. The van der Waals surface area contributed by atoms with E-state index in [-0.39, 0.29) is 12.1 Å². The van der Waals surface area contributed by atoms with Gasteiger partial charge in [-0.15, -0.1) is 10.2 Å². The second kappa shape index (κ2) is 17.2. The summed E-state index contributed by atoms with van der Waals surface area (Å²) in [6.45, 7) is 6.24. The number of hydrogen-bond donors (Lipinski definition) is 1. The van der Waals surface area contributed by atoms with Gasteiger partial charge < -0.3 is 29.0 Å². The smallest absolute Gasteiger partial charge is 0.256 e. The van der Waals surface area contributed by atoms with Crippen LogP contribution < -0.4 is 14.8 Å². The average Bonchev–Trinajstić information content (AvgIpc) is 3.89. The molecule has 1 N–H and O–H groups in total. The molecule has 16 heteroatoms. The van der Waals surface area contributed by atoms with Crippen molar-refractivity contribution in [2.75, 3.05) is 52.1 Å². The van der Waals surface area contributed by atoms with Crippen LogP contribution in [0.2, 0.25) is 0 Å². The molecule has 16 nitrogen and oxygen atoms in total. The largest absolute Gasteiger partial charge is 0.487 e. The molecule has 2 aliphatic heterocycles. The predicted octanol–water partition coefficient (Wildman–Crippen LogP) is 4.19. The van der Waals surface area contributed by atoms with E-state index >= 15 is 0 Å². The lowest BCUT2D eigenvalue weighted by atomic mass is 9.89. The van der Waals surface area contributed by atoms with Crippen molar-refractivity contribution < 1.29 is 23.7 Å². The fourth-order valence-corrected chi connectivity index (χ4v) is 7.54. The number of nitriles is 1. The summed E-state index contributed by atoms with van der Waals surface area (Å²) in [5, 5.41) is 29.2. The molecule has 3 aliphatic rings. The van der Waals surface area contributed by atoms with E-state index in [9.17, 15) is 5.26 Å². The maximum Gasteiger partial charge on any atom is 0.256 e. The van der Waals surface area contributed by atoms with Crippen LogP contribution in [0.3, 0.4) is 0 Å². The first-order chi connectivity index (χ1) is 25.6. The third-order valence-electron chi connectivity index (χ3n) is 10.1. The number of tetrazole rings is 1. The van der Waals surface area contributed by atoms with Crippen LogP contribution >= 0.6 is 0 Å². The molecule has 2 bridgehead atoms. The molecule has 1 unspecified atom stereocenters. The van der Waals surface area contributed by atoms with Crippen molar-refractivity contribution in [3.05, 3.63) is 48.7 Å². The first kappa shape index (κ1) is 35.7. The van der Waals surface area contributed by atoms with Crippen molar-refractivity contribution >= 4 is 11.6 Å². The Bertz CT molecular complexity index is 1740. The third-order valence-corrected chi connectivity index (χ3v) is 10.1. The number of fused-ring (bicyclic) bond motifs is 2. The Kier molecular flexibility index (Phi) is 11.8. The highest BCUT2D eigenvalue weighted by Crippen LogP contribution is 2.39. The molecule has 3 atom stereocenters. The van der Waals surface area contributed by atoms with Gasteiger partial charge in [-0.3, -0.25) is 9.58 Å². The molecule has 0 spiro atoms. The van der Waals surface area contributed by atoms with E-state index in [1.165, 1.54) is 19.2 Å². The van der Waals surface area contributed by atoms with Gasteiger partial charge in [0.2, 0.25) is 5.95 Å². The van der Waals surface area contributed by atoms with Crippen LogP contribution in [-0.4, -0.2) is 116 Å². The van der Waals surface area contributed by atoms with Gasteiger partial charge in [0.1, 0.15) is 29.9 Å². The maximum absolute atomic E-state index is 9.70. The molecule has 1 aliphatic carbocycles. The number of nitrogens with one attached hydrogen (secondary N) is 1. The summed E-state index contributed by atoms with van der Waals surface area (Å²) in [7, 11) is 1.66. The SMILES string of the molecule is COCCOCCCOc1nn(C2CCC(N3[C@@H]4CC[C@H]3COC4)CC2)cc1Nc1ncc(-c2ccc(C#N)c(OC(C)Cn3cnnn3)c2)cn1. The predicted molar refractivity (Wildman–Crippen MR) is 189 cm³/mol. The molecule has 5 heterocycles. The zero-order valence-electron chi connectivity index (χ0n) is 29.8. The summed E-state index contributed by atoms with van der Waals surface area (Å²) in [5.41, 5.74) is 2.74. The van der Waals surface area contributed by atoms with Crippen LogP contribution in [0.5, 0.6) is 11.6 Å². The maximum atomic E-state index is 9.70. The van der Waals surface area contributed by atoms with Crippen molar-refractivity contribution in [1.82, 2.24) is 44.9 Å². The Morgan fingerprint density at radius 2 is 1.73 bits per heavy atom. The minimum absolute atomic E-state index is 0.274. The standard InChI is InChI=1S/C36H47N11O5/c1-25(20-45-24-40-43-44-45)52-34-16-26(4-5-27(34)17-37)28-18-38-36(39-19-28)41-33-21-46(42-35(33)51-13-3-12-49-15-14-48-2)29-6-8-30(9-7-29)47-31-10-11-32(47)23-50-22-31/h4-5,16,18-19,21,24-25,29-32H,3,6-15,20,22-23H2,1-2H3,(H,38,39,41)/t25?,29?,30?,31-,32+. The van der Waals surface area contributed by atoms with Crippen molar-refractivity contribution in [2.45, 2.75) is 88.7 Å². The number of aromatic nitrogens is 8. The number of anilines is 2. The molecule has 276 valence electrons. The van der Waals surface area contributed by atoms with E-state index in [0.29, 0.717) is 79.9 Å². The Morgan fingerprint density at radius 3 is 2.46 bits per heavy atom. The Morgan fingerprint density at radius 1 is 0.962 bits per heavy atom. The number of benzene rings is 1. The van der Waals surface area contributed by atoms with Crippen LogP contribution in [0, 0.1) is 11.3 Å². The molecule has 3 fully saturated rings. The van der Waals surface area contributed by atoms with Crippen molar-refractivity contribution in [2.24, 2.45) is 0 Å². The summed E-state index contributed by atoms with van der Waals surface area (Å²) in [6.07, 6.45) is 14.4. The second-order valence-corrected chi connectivity index (χ2v) is 13.7. The zero-order valence-corrected chi connectivity index (χ0v) is 29.8. The number of rotatable bonds is 17. The normalized spacial score (nSPS) is 22.2. The van der Waals surface area contributed by atoms with Gasteiger partial charge in [0.05, 0.1) is 57.4 Å². The van der Waals surface area contributed by atoms with Crippen molar-refractivity contribution in [3.63, 3.8) is 0 Å². The van der Waals surface area contributed by atoms with E-state index in [1.807, 2.05) is 25.3 Å². The molecule has 3 aromatic heterocycles. The molecule has 0 radical (unpaired) electrons. The molecule has 1 aromatic carbocycles. The van der Waals surface area contributed by atoms with Gasteiger partial charge in [-0.1, -0.05) is 6.07 Å². The first-order valence-corrected chi connectivity index (χ1v) is 18.2. The van der Waals surface area contributed by atoms with E-state index in [1.54, 1.807) is 30.3 Å². The number of ether oxygens (including phenoxy) is 5. The molecule has 4 aromatic rings. The summed E-state index contributed by atoms with van der Waals surface area (Å²) in [4.78, 5) is 12.0. The Hall–Kier alpha value is -4.69. The topological polar surface area (TPSA) is 172 Å². The Labute approximate surface area is 303 Å². The first-order valence-electron chi connectivity index (χ1n) is 18.2. The van der Waals surface area contributed by atoms with Gasteiger partial charge in [0.25, 0.3) is 5.88 Å². The third kappa shape index (κ3) is 8.67. The van der Waals surface area contributed by atoms with Gasteiger partial charge in [0.15, 0.2) is 0 Å². The van der Waals surface area contributed by atoms with Crippen LogP contribution in [0.4, 0.5) is 11.6 Å². The lowest BCUT2D eigenvalue weighted by Crippen LogP contribution is -2.52. The van der Waals surface area contributed by atoms with Gasteiger partial charge in [-0.2, -0.15) is 5.26 Å². The highest BCUT2D eigenvalue weighted by atomic mass is 16.5. The summed E-state index contributed by atoms with van der Waals surface area (Å²) in [5.74, 6) is 1.40. The van der Waals surface area contributed by atoms with Gasteiger partial charge in [-0.05, 0) is 73.6 Å². The monoisotopic (exact) mass is 713 g/mol. The average molecular weight is 714 g/mol. The van der Waals surface area contributed by atoms with E-state index in [0.717, 1.165) is 56.4 Å². The molecular formula is C36H47N11O5. The minimum Gasteiger partial charge on any atom is -0.487 e. The number of hydrogen-bond acceptors (Lipinski definition) is 14. The van der Waals surface area contributed by atoms with Gasteiger partial charge >= 0.3 is 0 Å². The minimum atomic E-state index is -0.274. The van der Waals surface area contributed by atoms with Gasteiger partial charge in [0, 0.05) is 56.2 Å². The van der Waals surface area contributed by atoms with E-state index in [4.69, 9.17) is 28.8 Å². The summed E-state index contributed by atoms with van der Waals surface area (Å²) in [6, 6.07) is 9.69. The van der Waals surface area contributed by atoms with Crippen LogP contribution in [-0.2, 0) is 20.8 Å². The molecule has 7 rings (SSSR count). The second-order valence-electron chi connectivity index (χ2n) is 13.7. The van der Waals surface area contributed by atoms with Gasteiger partial charge in [-0.25, -0.2) is 14.6 Å². The van der Waals surface area contributed by atoms with E-state index in [2.05, 4.69) is 46.5 Å². The molecule has 2 saturated heterocycles.